The molecule has 2 heterocycles. The number of hydrogen-bond acceptors (Lipinski definition) is 7. The van der Waals surface area contributed by atoms with Crippen molar-refractivity contribution < 1.29 is 22.7 Å². The maximum Gasteiger partial charge on any atom is 0.261 e. The normalized spacial score (nSPS) is 15.4. The second-order valence-electron chi connectivity index (χ2n) is 7.49. The van der Waals surface area contributed by atoms with Crippen LogP contribution in [-0.4, -0.2) is 45.8 Å². The van der Waals surface area contributed by atoms with Crippen LogP contribution in [0.2, 0.25) is 0 Å². The van der Waals surface area contributed by atoms with Gasteiger partial charge in [0.25, 0.3) is 5.91 Å². The molecule has 1 unspecified atom stereocenters. The van der Waals surface area contributed by atoms with Crippen LogP contribution in [0.3, 0.4) is 0 Å². The number of hydrogen-bond donors (Lipinski definition) is 1. The summed E-state index contributed by atoms with van der Waals surface area (Å²) in [4.78, 5) is 17.3. The lowest BCUT2D eigenvalue weighted by Gasteiger charge is -2.21. The van der Waals surface area contributed by atoms with Crippen LogP contribution in [0, 0.1) is 0 Å². The van der Waals surface area contributed by atoms with Gasteiger partial charge in [0, 0.05) is 17.0 Å². The first-order valence-corrected chi connectivity index (χ1v) is 12.6. The largest absolute Gasteiger partial charge is 0.493 e. The Labute approximate surface area is 190 Å². The number of nitrogens with one attached hydrogen (secondary N) is 1. The molecule has 1 N–H and O–H groups in total. The highest BCUT2D eigenvalue weighted by Crippen LogP contribution is 2.37. The van der Waals surface area contributed by atoms with Gasteiger partial charge in [-0.2, -0.15) is 0 Å². The molecule has 32 heavy (non-hydrogen) atoms. The smallest absolute Gasteiger partial charge is 0.261 e. The number of aromatic nitrogens is 1. The fourth-order valence-electron chi connectivity index (χ4n) is 3.96. The molecule has 0 bridgehead atoms. The van der Waals surface area contributed by atoms with Crippen LogP contribution in [0.15, 0.2) is 41.8 Å². The third-order valence-electron chi connectivity index (χ3n) is 5.26. The number of sulfonamides is 1. The average Bonchev–Trinajstić information content (AvgIpc) is 3.35. The maximum absolute atomic E-state index is 12.8. The molecule has 1 aliphatic rings. The number of carbonyl (C=O) groups excluding carboxylic acids is 1. The van der Waals surface area contributed by atoms with E-state index >= 15 is 0 Å². The number of anilines is 2. The van der Waals surface area contributed by atoms with Crippen molar-refractivity contribution in [3.63, 3.8) is 0 Å². The molecular weight excluding hydrogens is 450 g/mol. The van der Waals surface area contributed by atoms with E-state index in [0.29, 0.717) is 40.0 Å². The fraction of sp³-hybridized carbons (Fsp3) is 0.273. The number of carbonyl (C=O) groups is 1. The number of benzene rings is 2. The van der Waals surface area contributed by atoms with E-state index in [0.717, 1.165) is 11.1 Å². The van der Waals surface area contributed by atoms with Crippen LogP contribution in [0.25, 0.3) is 11.3 Å². The Morgan fingerprint density at radius 3 is 2.69 bits per heavy atom. The van der Waals surface area contributed by atoms with Gasteiger partial charge >= 0.3 is 0 Å². The zero-order valence-corrected chi connectivity index (χ0v) is 19.7. The molecule has 1 atom stereocenters. The van der Waals surface area contributed by atoms with E-state index in [1.165, 1.54) is 36.1 Å². The van der Waals surface area contributed by atoms with Crippen molar-refractivity contribution in [2.75, 3.05) is 30.1 Å². The van der Waals surface area contributed by atoms with Gasteiger partial charge in [0.2, 0.25) is 10.0 Å². The maximum atomic E-state index is 12.8. The molecule has 8 nitrogen and oxygen atoms in total. The number of nitrogens with zero attached hydrogens (tertiary/aromatic N) is 2. The Morgan fingerprint density at radius 1 is 1.22 bits per heavy atom. The Hall–Kier alpha value is -3.11. The number of rotatable bonds is 6. The topological polar surface area (TPSA) is 97.8 Å². The lowest BCUT2D eigenvalue weighted by Crippen LogP contribution is -2.34. The minimum atomic E-state index is -3.34. The van der Waals surface area contributed by atoms with Crippen LogP contribution in [0.5, 0.6) is 11.5 Å². The van der Waals surface area contributed by atoms with Crippen molar-refractivity contribution in [2.24, 2.45) is 0 Å². The van der Waals surface area contributed by atoms with Gasteiger partial charge in [0.1, 0.15) is 0 Å². The molecule has 0 aliphatic carbocycles. The van der Waals surface area contributed by atoms with Crippen molar-refractivity contribution in [3.05, 3.63) is 52.9 Å². The Balaban J connectivity index is 1.57. The predicted molar refractivity (Wildman–Crippen MR) is 126 cm³/mol. The summed E-state index contributed by atoms with van der Waals surface area (Å²) in [5.41, 5.74) is 3.58. The number of methoxy groups -OCH3 is 2. The third kappa shape index (κ3) is 4.03. The van der Waals surface area contributed by atoms with Gasteiger partial charge in [-0.15, -0.1) is 11.3 Å². The van der Waals surface area contributed by atoms with E-state index in [1.807, 2.05) is 30.5 Å². The molecule has 0 fully saturated rings. The van der Waals surface area contributed by atoms with Crippen molar-refractivity contribution in [3.8, 4) is 22.8 Å². The molecule has 10 heteroatoms. The zero-order valence-electron chi connectivity index (χ0n) is 18.1. The lowest BCUT2D eigenvalue weighted by molar-refractivity contribution is 0.102. The minimum Gasteiger partial charge on any atom is -0.493 e. The van der Waals surface area contributed by atoms with Crippen molar-refractivity contribution in [2.45, 2.75) is 19.4 Å². The molecule has 3 aromatic rings. The Bertz CT molecular complexity index is 1290. The molecule has 4 rings (SSSR count). The quantitative estimate of drug-likeness (QED) is 0.585. The SMILES string of the molecule is COc1cccc(C(=O)Nc2nc(-c3ccc4c(c3)CC(C)N4S(C)(=O)=O)cs2)c1OC. The van der Waals surface area contributed by atoms with Crippen molar-refractivity contribution in [1.29, 1.82) is 0 Å². The standard InChI is InChI=1S/C22H23N3O5S2/c1-13-10-15-11-14(8-9-18(15)25(13)32(4,27)28)17-12-31-22(23-17)24-21(26)16-6-5-7-19(29-2)20(16)30-3/h5-9,11-13H,10H2,1-4H3,(H,23,24,26). The van der Waals surface area contributed by atoms with Crippen LogP contribution < -0.4 is 19.1 Å². The summed E-state index contributed by atoms with van der Waals surface area (Å²) < 4.78 is 36.3. The number of thiazole rings is 1. The monoisotopic (exact) mass is 473 g/mol. The Morgan fingerprint density at radius 2 is 2.00 bits per heavy atom. The highest BCUT2D eigenvalue weighted by Gasteiger charge is 2.32. The average molecular weight is 474 g/mol. The van der Waals surface area contributed by atoms with Gasteiger partial charge in [0.05, 0.1) is 37.4 Å². The predicted octanol–water partition coefficient (Wildman–Crippen LogP) is 3.79. The molecule has 1 aromatic heterocycles. The number of fused-ring (bicyclic) bond motifs is 1. The molecule has 2 aromatic carbocycles. The molecule has 1 aliphatic heterocycles. The zero-order chi connectivity index (χ0) is 23.0. The molecule has 0 radical (unpaired) electrons. The highest BCUT2D eigenvalue weighted by molar-refractivity contribution is 7.92. The summed E-state index contributed by atoms with van der Waals surface area (Å²) in [6, 6.07) is 10.6. The van der Waals surface area contributed by atoms with Crippen LogP contribution in [0.4, 0.5) is 10.8 Å². The molecule has 0 saturated carbocycles. The Kier molecular flexibility index (Phi) is 5.83. The fourth-order valence-corrected chi connectivity index (χ4v) is 5.94. The van der Waals surface area contributed by atoms with E-state index < -0.39 is 10.0 Å². The van der Waals surface area contributed by atoms with Crippen LogP contribution >= 0.6 is 11.3 Å². The van der Waals surface area contributed by atoms with Crippen molar-refractivity contribution >= 4 is 38.1 Å². The van der Waals surface area contributed by atoms with Crippen LogP contribution in [0.1, 0.15) is 22.8 Å². The summed E-state index contributed by atoms with van der Waals surface area (Å²) in [7, 11) is -0.341. The summed E-state index contributed by atoms with van der Waals surface area (Å²) in [5.74, 6) is 0.469. The van der Waals surface area contributed by atoms with E-state index in [1.54, 1.807) is 18.2 Å². The van der Waals surface area contributed by atoms with E-state index in [4.69, 9.17) is 9.47 Å². The second-order valence-corrected chi connectivity index (χ2v) is 10.2. The summed E-state index contributed by atoms with van der Waals surface area (Å²) >= 11 is 1.31. The number of para-hydroxylation sites is 1. The van der Waals surface area contributed by atoms with E-state index in [2.05, 4.69) is 10.3 Å². The van der Waals surface area contributed by atoms with Gasteiger partial charge in [0.15, 0.2) is 16.6 Å². The highest BCUT2D eigenvalue weighted by atomic mass is 32.2. The molecule has 0 saturated heterocycles. The van der Waals surface area contributed by atoms with Gasteiger partial charge in [-0.05, 0) is 43.2 Å². The van der Waals surface area contributed by atoms with Gasteiger partial charge < -0.3 is 9.47 Å². The number of amides is 1. The second kappa shape index (κ2) is 8.44. The molecule has 1 amide bonds. The van der Waals surface area contributed by atoms with Gasteiger partial charge in [-0.3, -0.25) is 14.4 Å². The summed E-state index contributed by atoms with van der Waals surface area (Å²) in [5, 5.41) is 5.11. The first kappa shape index (κ1) is 22.1. The van der Waals surface area contributed by atoms with E-state index in [-0.39, 0.29) is 11.9 Å². The van der Waals surface area contributed by atoms with E-state index in [9.17, 15) is 13.2 Å². The first-order valence-electron chi connectivity index (χ1n) is 9.83. The third-order valence-corrected chi connectivity index (χ3v) is 7.29. The van der Waals surface area contributed by atoms with Crippen molar-refractivity contribution in [1.82, 2.24) is 4.98 Å². The van der Waals surface area contributed by atoms with Crippen LogP contribution in [-0.2, 0) is 16.4 Å². The summed E-state index contributed by atoms with van der Waals surface area (Å²) in [6.07, 6.45) is 1.86. The molecule has 0 spiro atoms. The molecular formula is C22H23N3O5S2. The lowest BCUT2D eigenvalue weighted by atomic mass is 10.1. The first-order chi connectivity index (χ1) is 15.2. The minimum absolute atomic E-state index is 0.127. The van der Waals surface area contributed by atoms with Gasteiger partial charge in [-0.1, -0.05) is 12.1 Å². The van der Waals surface area contributed by atoms with Gasteiger partial charge in [-0.25, -0.2) is 13.4 Å². The molecule has 168 valence electrons. The number of ether oxygens (including phenoxy) is 2. The summed E-state index contributed by atoms with van der Waals surface area (Å²) in [6.45, 7) is 1.89.